The lowest BCUT2D eigenvalue weighted by Crippen LogP contribution is -2.48. The molecule has 0 aliphatic heterocycles. The fourth-order valence-electron chi connectivity index (χ4n) is 4.58. The van der Waals surface area contributed by atoms with Crippen molar-refractivity contribution in [3.63, 3.8) is 0 Å². The van der Waals surface area contributed by atoms with Gasteiger partial charge in [0.15, 0.2) is 0 Å². The molecule has 0 bridgehead atoms. The van der Waals surface area contributed by atoms with E-state index in [4.69, 9.17) is 17.3 Å². The zero-order valence-corrected chi connectivity index (χ0v) is 20.2. The van der Waals surface area contributed by atoms with Gasteiger partial charge < -0.3 is 16.4 Å². The van der Waals surface area contributed by atoms with Crippen molar-refractivity contribution in [2.24, 2.45) is 5.73 Å². The van der Waals surface area contributed by atoms with E-state index >= 15 is 0 Å². The highest BCUT2D eigenvalue weighted by atomic mass is 35.5. The van der Waals surface area contributed by atoms with Crippen LogP contribution in [0.1, 0.15) is 41.7 Å². The molecule has 0 saturated heterocycles. The number of benzene rings is 2. The number of aromatic nitrogens is 1. The van der Waals surface area contributed by atoms with E-state index in [-0.39, 0.29) is 23.6 Å². The van der Waals surface area contributed by atoms with Crippen molar-refractivity contribution in [3.05, 3.63) is 64.8 Å². The Hall–Kier alpha value is -3.53. The Morgan fingerprint density at radius 2 is 1.81 bits per heavy atom. The molecule has 3 aromatic rings. The number of nitrogens with zero attached hydrogens (tertiary/aromatic N) is 2. The molecule has 1 aromatic heterocycles. The van der Waals surface area contributed by atoms with Crippen molar-refractivity contribution in [1.29, 1.82) is 0 Å². The van der Waals surface area contributed by atoms with Crippen LogP contribution in [0.15, 0.2) is 48.5 Å². The second-order valence-corrected chi connectivity index (χ2v) is 9.14. The smallest absolute Gasteiger partial charge is 0.382 e. The minimum absolute atomic E-state index is 0.115. The molecular weight excluding hydrogens is 495 g/mol. The third-order valence-electron chi connectivity index (χ3n) is 6.32. The molecule has 36 heavy (non-hydrogen) atoms. The van der Waals surface area contributed by atoms with Crippen LogP contribution in [0.4, 0.5) is 29.3 Å². The molecule has 1 aliphatic rings. The van der Waals surface area contributed by atoms with Gasteiger partial charge in [-0.2, -0.15) is 13.2 Å². The van der Waals surface area contributed by atoms with Crippen molar-refractivity contribution >= 4 is 45.8 Å². The van der Waals surface area contributed by atoms with E-state index < -0.39 is 17.8 Å². The summed E-state index contributed by atoms with van der Waals surface area (Å²) in [5.74, 6) is -0.593. The number of carbonyl (C=O) groups is 2. The number of nitrogens with two attached hydrogens (primary N) is 1. The van der Waals surface area contributed by atoms with Gasteiger partial charge in [0, 0.05) is 46.5 Å². The van der Waals surface area contributed by atoms with E-state index in [0.29, 0.717) is 53.0 Å². The molecule has 7 nitrogen and oxygen atoms in total. The predicted molar refractivity (Wildman–Crippen MR) is 133 cm³/mol. The van der Waals surface area contributed by atoms with Gasteiger partial charge in [0.05, 0.1) is 5.52 Å². The first-order chi connectivity index (χ1) is 17.1. The number of pyridine rings is 1. The summed E-state index contributed by atoms with van der Waals surface area (Å²) in [7, 11) is 1.53. The Kier molecular flexibility index (Phi) is 7.26. The number of hydrogen-bond acceptors (Lipinski definition) is 4. The topological polar surface area (TPSA) is 100 Å². The van der Waals surface area contributed by atoms with Crippen molar-refractivity contribution < 1.29 is 22.8 Å². The summed E-state index contributed by atoms with van der Waals surface area (Å²) < 4.78 is 40.4. The number of rotatable bonds is 5. The van der Waals surface area contributed by atoms with Crippen LogP contribution in [0.5, 0.6) is 0 Å². The predicted octanol–water partition coefficient (Wildman–Crippen LogP) is 5.58. The maximum Gasteiger partial charge on any atom is 0.433 e. The monoisotopic (exact) mass is 519 g/mol. The molecule has 0 radical (unpaired) electrons. The van der Waals surface area contributed by atoms with Gasteiger partial charge in [0.1, 0.15) is 5.69 Å². The molecule has 0 spiro atoms. The van der Waals surface area contributed by atoms with Gasteiger partial charge in [-0.05, 0) is 68.1 Å². The number of primary amides is 1. The Bertz CT molecular complexity index is 1290. The lowest BCUT2D eigenvalue weighted by Gasteiger charge is -2.37. The van der Waals surface area contributed by atoms with E-state index in [9.17, 15) is 22.8 Å². The number of amides is 3. The molecule has 3 amide bonds. The first-order valence-corrected chi connectivity index (χ1v) is 11.8. The Morgan fingerprint density at radius 3 is 2.44 bits per heavy atom. The molecule has 1 heterocycles. The largest absolute Gasteiger partial charge is 0.433 e. The SMILES string of the molecule is CNC(=O)N(c1cccc(C(N)=O)c1)C1CCC(Nc2cc(C(F)(F)F)nc3ccc(Cl)cc23)CC1. The summed E-state index contributed by atoms with van der Waals surface area (Å²) >= 11 is 6.10. The molecule has 1 fully saturated rings. The van der Waals surface area contributed by atoms with Crippen LogP contribution in [0.25, 0.3) is 10.9 Å². The molecule has 11 heteroatoms. The van der Waals surface area contributed by atoms with Crippen molar-refractivity contribution in [2.45, 2.75) is 43.9 Å². The highest BCUT2D eigenvalue weighted by Gasteiger charge is 2.34. The maximum atomic E-state index is 13.5. The summed E-state index contributed by atoms with van der Waals surface area (Å²) in [5, 5.41) is 6.79. The summed E-state index contributed by atoms with van der Waals surface area (Å²) in [4.78, 5) is 29.7. The van der Waals surface area contributed by atoms with Crippen LogP contribution in [0.3, 0.4) is 0 Å². The van der Waals surface area contributed by atoms with Gasteiger partial charge in [-0.1, -0.05) is 17.7 Å². The number of nitrogens with one attached hydrogen (secondary N) is 2. The van der Waals surface area contributed by atoms with E-state index in [1.807, 2.05) is 0 Å². The molecule has 1 saturated carbocycles. The first-order valence-electron chi connectivity index (χ1n) is 11.4. The van der Waals surface area contributed by atoms with Gasteiger partial charge in [0.25, 0.3) is 0 Å². The number of urea groups is 1. The highest BCUT2D eigenvalue weighted by molar-refractivity contribution is 6.31. The van der Waals surface area contributed by atoms with Gasteiger partial charge in [-0.25, -0.2) is 9.78 Å². The number of alkyl halides is 3. The van der Waals surface area contributed by atoms with Crippen LogP contribution in [-0.2, 0) is 6.18 Å². The fourth-order valence-corrected chi connectivity index (χ4v) is 4.76. The fraction of sp³-hybridized carbons (Fsp3) is 0.320. The summed E-state index contributed by atoms with van der Waals surface area (Å²) in [6.07, 6.45) is -2.17. The second-order valence-electron chi connectivity index (χ2n) is 8.70. The maximum absolute atomic E-state index is 13.5. The van der Waals surface area contributed by atoms with Gasteiger partial charge in [0.2, 0.25) is 5.91 Å². The lowest BCUT2D eigenvalue weighted by molar-refractivity contribution is -0.140. The Morgan fingerprint density at radius 1 is 1.08 bits per heavy atom. The van der Waals surface area contributed by atoms with Crippen LogP contribution < -0.4 is 21.3 Å². The third kappa shape index (κ3) is 5.48. The van der Waals surface area contributed by atoms with Gasteiger partial charge in [-0.3, -0.25) is 9.69 Å². The molecule has 4 rings (SSSR count). The highest BCUT2D eigenvalue weighted by Crippen LogP contribution is 2.36. The molecule has 0 unspecified atom stereocenters. The molecule has 4 N–H and O–H groups in total. The summed E-state index contributed by atoms with van der Waals surface area (Å²) in [6.45, 7) is 0. The minimum atomic E-state index is -4.59. The van der Waals surface area contributed by atoms with Crippen molar-refractivity contribution in [3.8, 4) is 0 Å². The number of fused-ring (bicyclic) bond motifs is 1. The molecule has 1 aliphatic carbocycles. The van der Waals surface area contributed by atoms with E-state index in [1.165, 1.54) is 19.2 Å². The minimum Gasteiger partial charge on any atom is -0.382 e. The van der Waals surface area contributed by atoms with Crippen LogP contribution in [-0.4, -0.2) is 36.1 Å². The van der Waals surface area contributed by atoms with Crippen molar-refractivity contribution in [2.75, 3.05) is 17.3 Å². The average Bonchev–Trinajstić information content (AvgIpc) is 2.84. The molecule has 2 aromatic carbocycles. The second kappa shape index (κ2) is 10.2. The van der Waals surface area contributed by atoms with E-state index in [2.05, 4.69) is 15.6 Å². The average molecular weight is 520 g/mol. The third-order valence-corrected chi connectivity index (χ3v) is 6.56. The number of halogens is 4. The first kappa shape index (κ1) is 25.6. The number of hydrogen-bond donors (Lipinski definition) is 3. The zero-order chi connectivity index (χ0) is 26.0. The molecule has 190 valence electrons. The van der Waals surface area contributed by atoms with Crippen LogP contribution >= 0.6 is 11.6 Å². The lowest BCUT2D eigenvalue weighted by atomic mass is 9.89. The molecule has 0 atom stereocenters. The number of carbonyl (C=O) groups excluding carboxylic acids is 2. The van der Waals surface area contributed by atoms with Gasteiger partial charge in [-0.15, -0.1) is 0 Å². The summed E-state index contributed by atoms with van der Waals surface area (Å²) in [5.41, 5.74) is 5.77. The Labute approximate surface area is 210 Å². The van der Waals surface area contributed by atoms with Crippen LogP contribution in [0, 0.1) is 0 Å². The summed E-state index contributed by atoms with van der Waals surface area (Å²) in [6, 6.07) is 11.5. The van der Waals surface area contributed by atoms with Crippen molar-refractivity contribution in [1.82, 2.24) is 10.3 Å². The zero-order valence-electron chi connectivity index (χ0n) is 19.4. The van der Waals surface area contributed by atoms with E-state index in [1.54, 1.807) is 35.2 Å². The number of anilines is 2. The quantitative estimate of drug-likeness (QED) is 0.410. The molecular formula is C25H25ClF3N5O2. The Balaban J connectivity index is 1.55. The van der Waals surface area contributed by atoms with E-state index in [0.717, 1.165) is 6.07 Å². The van der Waals surface area contributed by atoms with Gasteiger partial charge >= 0.3 is 12.2 Å². The normalized spacial score (nSPS) is 18.0. The standard InChI is InChI=1S/C25H25ClF3N5O2/c1-31-24(36)34(18-4-2-3-14(11-18)23(30)35)17-8-6-16(7-9-17)32-21-13-22(25(27,28)29)33-20-10-5-15(26)12-19(20)21/h2-5,10-13,16-17H,6-9H2,1H3,(H2,30,35)(H,31,36)(H,32,33). The van der Waals surface area contributed by atoms with Crippen LogP contribution in [0.2, 0.25) is 5.02 Å².